The highest BCUT2D eigenvalue weighted by molar-refractivity contribution is 6.01. The molecule has 34 heavy (non-hydrogen) atoms. The molecule has 178 valence electrons. The monoisotopic (exact) mass is 459 g/mol. The minimum Gasteiger partial charge on any atom is -0.357 e. The van der Waals surface area contributed by atoms with Gasteiger partial charge in [0.05, 0.1) is 24.0 Å². The number of allylic oxidation sites excluding steroid dienone is 1. The molecule has 1 aromatic heterocycles. The van der Waals surface area contributed by atoms with Gasteiger partial charge in [-0.1, -0.05) is 32.0 Å². The van der Waals surface area contributed by atoms with Crippen LogP contribution in [0.25, 0.3) is 0 Å². The van der Waals surface area contributed by atoms with Gasteiger partial charge in [-0.2, -0.15) is 0 Å². The SMILES string of the molecule is CC1C2=C(CC(C)(C)CC2=O)Nc2ccccc2N1CC(=O)N1CCN(c2ccccn2)CC1. The van der Waals surface area contributed by atoms with E-state index >= 15 is 0 Å². The van der Waals surface area contributed by atoms with Crippen LogP contribution in [0.1, 0.15) is 33.6 Å². The number of amides is 1. The summed E-state index contributed by atoms with van der Waals surface area (Å²) in [6.45, 7) is 9.45. The summed E-state index contributed by atoms with van der Waals surface area (Å²) >= 11 is 0. The molecule has 0 bridgehead atoms. The number of ketones is 1. The predicted molar refractivity (Wildman–Crippen MR) is 135 cm³/mol. The van der Waals surface area contributed by atoms with E-state index in [1.807, 2.05) is 47.4 Å². The van der Waals surface area contributed by atoms with Crippen molar-refractivity contribution in [3.8, 4) is 0 Å². The van der Waals surface area contributed by atoms with E-state index in [2.05, 4.69) is 40.9 Å². The summed E-state index contributed by atoms with van der Waals surface area (Å²) in [7, 11) is 0. The minimum atomic E-state index is -0.173. The Hall–Kier alpha value is -3.35. The fraction of sp³-hybridized carbons (Fsp3) is 0.444. The van der Waals surface area contributed by atoms with E-state index < -0.39 is 0 Å². The molecule has 1 N–H and O–H groups in total. The van der Waals surface area contributed by atoms with Crippen molar-refractivity contribution >= 4 is 28.9 Å². The average Bonchev–Trinajstić information content (AvgIpc) is 2.93. The van der Waals surface area contributed by atoms with Crippen molar-refractivity contribution < 1.29 is 9.59 Å². The van der Waals surface area contributed by atoms with Crippen LogP contribution in [0, 0.1) is 5.41 Å². The van der Waals surface area contributed by atoms with Crippen LogP contribution in [-0.4, -0.2) is 60.3 Å². The van der Waals surface area contributed by atoms with Crippen LogP contribution < -0.4 is 15.1 Å². The molecule has 7 heteroatoms. The number of pyridine rings is 1. The average molecular weight is 460 g/mol. The number of nitrogens with zero attached hydrogens (tertiary/aromatic N) is 4. The number of hydrogen-bond acceptors (Lipinski definition) is 6. The Morgan fingerprint density at radius 3 is 2.53 bits per heavy atom. The molecule has 0 spiro atoms. The van der Waals surface area contributed by atoms with Gasteiger partial charge in [0.25, 0.3) is 0 Å². The lowest BCUT2D eigenvalue weighted by molar-refractivity contribution is -0.130. The molecule has 3 aliphatic rings. The third kappa shape index (κ3) is 4.27. The highest BCUT2D eigenvalue weighted by Gasteiger charge is 2.39. The molecule has 1 aliphatic carbocycles. The maximum absolute atomic E-state index is 13.5. The number of benzene rings is 1. The zero-order valence-electron chi connectivity index (χ0n) is 20.3. The first kappa shape index (κ1) is 22.4. The molecular formula is C27H33N5O2. The summed E-state index contributed by atoms with van der Waals surface area (Å²) < 4.78 is 0. The van der Waals surface area contributed by atoms with Gasteiger partial charge >= 0.3 is 0 Å². The minimum absolute atomic E-state index is 0.0736. The third-order valence-corrected chi connectivity index (χ3v) is 7.22. The van der Waals surface area contributed by atoms with Crippen LogP contribution in [-0.2, 0) is 9.59 Å². The van der Waals surface area contributed by atoms with Gasteiger partial charge in [0, 0.05) is 50.1 Å². The topological polar surface area (TPSA) is 68.8 Å². The number of nitrogens with one attached hydrogen (secondary N) is 1. The van der Waals surface area contributed by atoms with Gasteiger partial charge in [0.15, 0.2) is 5.78 Å². The van der Waals surface area contributed by atoms with E-state index in [-0.39, 0.29) is 29.7 Å². The lowest BCUT2D eigenvalue weighted by atomic mass is 9.74. The number of Topliss-reactive ketones (excluding diaryl/α,β-unsaturated/α-hetero) is 1. The molecule has 1 unspecified atom stereocenters. The zero-order valence-corrected chi connectivity index (χ0v) is 20.3. The van der Waals surface area contributed by atoms with Gasteiger partial charge in [-0.15, -0.1) is 0 Å². The van der Waals surface area contributed by atoms with E-state index in [0.717, 1.165) is 48.0 Å². The Bertz CT molecular complexity index is 1120. The van der Waals surface area contributed by atoms with Crippen molar-refractivity contribution in [3.63, 3.8) is 0 Å². The normalized spacial score (nSPS) is 22.0. The Kier molecular flexibility index (Phi) is 5.80. The lowest BCUT2D eigenvalue weighted by Crippen LogP contribution is -2.52. The van der Waals surface area contributed by atoms with E-state index in [1.54, 1.807) is 6.20 Å². The number of para-hydroxylation sites is 2. The molecule has 2 aromatic rings. The van der Waals surface area contributed by atoms with Crippen molar-refractivity contribution in [2.45, 2.75) is 39.7 Å². The number of piperazine rings is 1. The second-order valence-corrected chi connectivity index (χ2v) is 10.3. The summed E-state index contributed by atoms with van der Waals surface area (Å²) in [6, 6.07) is 13.8. The van der Waals surface area contributed by atoms with Crippen LogP contribution in [0.3, 0.4) is 0 Å². The van der Waals surface area contributed by atoms with Crippen molar-refractivity contribution in [2.75, 3.05) is 47.8 Å². The Morgan fingerprint density at radius 1 is 1.06 bits per heavy atom. The molecule has 1 aromatic carbocycles. The van der Waals surface area contributed by atoms with Crippen LogP contribution in [0.2, 0.25) is 0 Å². The van der Waals surface area contributed by atoms with Gasteiger partial charge < -0.3 is 20.0 Å². The molecule has 1 fully saturated rings. The number of rotatable bonds is 3. The van der Waals surface area contributed by atoms with Crippen molar-refractivity contribution in [1.29, 1.82) is 0 Å². The van der Waals surface area contributed by atoms with Gasteiger partial charge in [0.1, 0.15) is 5.82 Å². The maximum Gasteiger partial charge on any atom is 0.242 e. The smallest absolute Gasteiger partial charge is 0.242 e. The van der Waals surface area contributed by atoms with Gasteiger partial charge in [-0.3, -0.25) is 9.59 Å². The number of hydrogen-bond donors (Lipinski definition) is 1. The second kappa shape index (κ2) is 8.78. The quantitative estimate of drug-likeness (QED) is 0.755. The molecule has 7 nitrogen and oxygen atoms in total. The van der Waals surface area contributed by atoms with Gasteiger partial charge in [-0.05, 0) is 43.0 Å². The maximum atomic E-state index is 13.5. The first-order chi connectivity index (χ1) is 16.3. The molecule has 0 radical (unpaired) electrons. The van der Waals surface area contributed by atoms with Crippen molar-refractivity contribution in [2.24, 2.45) is 5.41 Å². The number of fused-ring (bicyclic) bond motifs is 1. The summed E-state index contributed by atoms with van der Waals surface area (Å²) in [5.74, 6) is 1.23. The van der Waals surface area contributed by atoms with Crippen LogP contribution in [0.15, 0.2) is 59.9 Å². The molecule has 5 rings (SSSR count). The third-order valence-electron chi connectivity index (χ3n) is 7.22. The molecule has 2 aliphatic heterocycles. The Morgan fingerprint density at radius 2 is 1.79 bits per heavy atom. The number of anilines is 3. The number of carbonyl (C=O) groups is 2. The fourth-order valence-corrected chi connectivity index (χ4v) is 5.48. The van der Waals surface area contributed by atoms with Crippen LogP contribution in [0.4, 0.5) is 17.2 Å². The van der Waals surface area contributed by atoms with Gasteiger partial charge in [-0.25, -0.2) is 4.98 Å². The summed E-state index contributed by atoms with van der Waals surface area (Å²) in [5.41, 5.74) is 3.67. The van der Waals surface area contributed by atoms with Crippen molar-refractivity contribution in [3.05, 3.63) is 59.9 Å². The zero-order chi connectivity index (χ0) is 23.9. The first-order valence-corrected chi connectivity index (χ1v) is 12.2. The first-order valence-electron chi connectivity index (χ1n) is 12.2. The van der Waals surface area contributed by atoms with E-state index in [4.69, 9.17) is 0 Å². The van der Waals surface area contributed by atoms with E-state index in [1.165, 1.54) is 0 Å². The highest BCUT2D eigenvalue weighted by Crippen LogP contribution is 2.43. The summed E-state index contributed by atoms with van der Waals surface area (Å²) in [6.07, 6.45) is 3.16. The summed E-state index contributed by atoms with van der Waals surface area (Å²) in [4.78, 5) is 37.4. The largest absolute Gasteiger partial charge is 0.357 e. The van der Waals surface area contributed by atoms with E-state index in [0.29, 0.717) is 19.5 Å². The Labute approximate surface area is 201 Å². The fourth-order valence-electron chi connectivity index (χ4n) is 5.48. The molecular weight excluding hydrogens is 426 g/mol. The number of aromatic nitrogens is 1. The molecule has 3 heterocycles. The molecule has 1 saturated heterocycles. The number of carbonyl (C=O) groups excluding carboxylic acids is 2. The highest BCUT2D eigenvalue weighted by atomic mass is 16.2. The predicted octanol–water partition coefficient (Wildman–Crippen LogP) is 3.69. The van der Waals surface area contributed by atoms with E-state index in [9.17, 15) is 9.59 Å². The Balaban J connectivity index is 1.36. The van der Waals surface area contributed by atoms with Crippen LogP contribution in [0.5, 0.6) is 0 Å². The second-order valence-electron chi connectivity index (χ2n) is 10.3. The molecule has 1 atom stereocenters. The lowest BCUT2D eigenvalue weighted by Gasteiger charge is -2.38. The molecule has 0 saturated carbocycles. The van der Waals surface area contributed by atoms with Crippen LogP contribution >= 0.6 is 0 Å². The van der Waals surface area contributed by atoms with Crippen molar-refractivity contribution in [1.82, 2.24) is 9.88 Å². The molecule has 1 amide bonds. The summed E-state index contributed by atoms with van der Waals surface area (Å²) in [5, 5.41) is 3.56. The standard InChI is InChI=1S/C27H33N5O2/c1-19-26-21(16-27(2,3)17-23(26)33)29-20-8-4-5-9-22(20)32(19)18-25(34)31-14-12-30(13-15-31)24-10-6-7-11-28-24/h4-11,19,29H,12-18H2,1-3H3. The van der Waals surface area contributed by atoms with Gasteiger partial charge in [0.2, 0.25) is 5.91 Å².